The number of nitrogens with one attached hydrogen (secondary N) is 1. The number of carbonyl (C=O) groups is 3. The van der Waals surface area contributed by atoms with E-state index in [2.05, 4.69) is 17.3 Å². The molecule has 1 saturated heterocycles. The minimum atomic E-state index is -2.65. The van der Waals surface area contributed by atoms with Gasteiger partial charge in [0.2, 0.25) is 5.78 Å². The van der Waals surface area contributed by atoms with Crippen molar-refractivity contribution in [2.24, 2.45) is 17.6 Å². The molecule has 0 radical (unpaired) electrons. The molecular weight excluding hydrogens is 542 g/mol. The number of Topliss-reactive ketones (excluding diaryl/α,β-unsaturated/α-hetero) is 2. The van der Waals surface area contributed by atoms with E-state index >= 15 is 0 Å². The quantitative estimate of drug-likeness (QED) is 0.255. The summed E-state index contributed by atoms with van der Waals surface area (Å²) < 4.78 is 0. The number of nitrogens with two attached hydrogens (primary N) is 1. The van der Waals surface area contributed by atoms with Gasteiger partial charge in [-0.15, -0.1) is 0 Å². The number of aliphatic hydroxyl groups excluding tert-OH is 2. The number of likely N-dealkylation sites (N-methyl/N-ethyl adjacent to an activating group) is 1. The molecule has 3 aliphatic carbocycles. The van der Waals surface area contributed by atoms with Gasteiger partial charge < -0.3 is 41.3 Å². The number of hydrogen-bond donors (Lipinski definition) is 6. The van der Waals surface area contributed by atoms with Crippen LogP contribution in [0.1, 0.15) is 40.7 Å². The van der Waals surface area contributed by atoms with Gasteiger partial charge in [0.05, 0.1) is 11.6 Å². The average molecular weight is 584 g/mol. The molecule has 228 valence electrons. The molecule has 0 unspecified atom stereocenters. The summed E-state index contributed by atoms with van der Waals surface area (Å²) in [5.41, 5.74) is 3.70. The maximum absolute atomic E-state index is 14.2. The molecule has 4 aliphatic rings. The number of phenolic OH excluding ortho intramolecular Hbond substituents is 1. The van der Waals surface area contributed by atoms with E-state index in [1.165, 1.54) is 4.90 Å². The van der Waals surface area contributed by atoms with Gasteiger partial charge in [-0.25, -0.2) is 0 Å². The lowest BCUT2D eigenvalue weighted by molar-refractivity contribution is -0.148. The van der Waals surface area contributed by atoms with E-state index < -0.39 is 58.0 Å². The van der Waals surface area contributed by atoms with E-state index in [4.69, 9.17) is 5.73 Å². The van der Waals surface area contributed by atoms with E-state index in [0.29, 0.717) is 17.7 Å². The van der Waals surface area contributed by atoms with Gasteiger partial charge in [0.25, 0.3) is 5.91 Å². The second kappa shape index (κ2) is 10.7. The van der Waals surface area contributed by atoms with Gasteiger partial charge in [-0.2, -0.15) is 0 Å². The van der Waals surface area contributed by atoms with Gasteiger partial charge in [-0.1, -0.05) is 0 Å². The minimum absolute atomic E-state index is 0.0298. The molecule has 1 fully saturated rings. The zero-order chi connectivity index (χ0) is 30.8. The Balaban J connectivity index is 1.60. The maximum Gasteiger partial charge on any atom is 0.255 e. The summed E-state index contributed by atoms with van der Waals surface area (Å²) in [6.45, 7) is 2.26. The summed E-state index contributed by atoms with van der Waals surface area (Å²) in [7, 11) is 9.00. The van der Waals surface area contributed by atoms with Crippen molar-refractivity contribution >= 4 is 23.2 Å². The number of rotatable bonds is 6. The van der Waals surface area contributed by atoms with Crippen LogP contribution in [0.3, 0.4) is 0 Å². The highest BCUT2D eigenvalue weighted by Gasteiger charge is 2.63. The Bertz CT molecular complexity index is 1410. The molecule has 0 bridgehead atoms. The molecule has 5 rings (SSSR count). The Kier molecular flexibility index (Phi) is 7.63. The van der Waals surface area contributed by atoms with Crippen LogP contribution in [0, 0.1) is 11.8 Å². The number of hydrogen-bond acceptors (Lipinski definition) is 11. The van der Waals surface area contributed by atoms with Crippen molar-refractivity contribution < 1.29 is 34.8 Å². The predicted octanol–water partition coefficient (Wildman–Crippen LogP) is 0.370. The Hall–Kier alpha value is -3.45. The van der Waals surface area contributed by atoms with Crippen molar-refractivity contribution in [1.29, 1.82) is 0 Å². The third-order valence-electron chi connectivity index (χ3n) is 9.56. The number of phenols is 1. The largest absolute Gasteiger partial charge is 0.510 e. The molecule has 1 aliphatic heterocycles. The number of primary amides is 1. The first kappa shape index (κ1) is 30.0. The number of fused-ring (bicyclic) bond motifs is 3. The summed E-state index contributed by atoms with van der Waals surface area (Å²) >= 11 is 0. The van der Waals surface area contributed by atoms with Gasteiger partial charge in [0.15, 0.2) is 11.4 Å². The topological polar surface area (TPSA) is 180 Å². The minimum Gasteiger partial charge on any atom is -0.510 e. The fourth-order valence-electron chi connectivity index (χ4n) is 7.35. The number of likely N-dealkylation sites (tertiary alicyclic amines) is 1. The van der Waals surface area contributed by atoms with E-state index in [1.807, 2.05) is 25.1 Å². The molecular formula is C30H41N5O7. The van der Waals surface area contributed by atoms with Crippen LogP contribution in [0.4, 0.5) is 5.69 Å². The molecule has 7 N–H and O–H groups in total. The van der Waals surface area contributed by atoms with Crippen LogP contribution in [0.15, 0.2) is 28.7 Å². The van der Waals surface area contributed by atoms with Crippen LogP contribution >= 0.6 is 0 Å². The van der Waals surface area contributed by atoms with Crippen LogP contribution in [0.5, 0.6) is 5.75 Å². The normalized spacial score (nSPS) is 28.6. The molecule has 1 aromatic rings. The molecule has 12 nitrogen and oxygen atoms in total. The Morgan fingerprint density at radius 1 is 1.14 bits per heavy atom. The third kappa shape index (κ3) is 4.48. The summed E-state index contributed by atoms with van der Waals surface area (Å²) in [5, 5.41) is 49.2. The smallest absolute Gasteiger partial charge is 0.255 e. The van der Waals surface area contributed by atoms with E-state index in [-0.39, 0.29) is 35.8 Å². The number of carbonyl (C=O) groups excluding carboxylic acids is 3. The van der Waals surface area contributed by atoms with Crippen LogP contribution in [-0.2, 0) is 22.6 Å². The Labute approximate surface area is 245 Å². The molecule has 1 heterocycles. The molecule has 42 heavy (non-hydrogen) atoms. The number of benzene rings is 1. The van der Waals surface area contributed by atoms with Gasteiger partial charge >= 0.3 is 0 Å². The van der Waals surface area contributed by atoms with Crippen molar-refractivity contribution in [1.82, 2.24) is 15.1 Å². The van der Waals surface area contributed by atoms with E-state index in [1.54, 1.807) is 14.1 Å². The van der Waals surface area contributed by atoms with Crippen LogP contribution in [0.25, 0.3) is 0 Å². The van der Waals surface area contributed by atoms with Crippen molar-refractivity contribution in [3.63, 3.8) is 0 Å². The van der Waals surface area contributed by atoms with Gasteiger partial charge in [0.1, 0.15) is 22.8 Å². The second-order valence-corrected chi connectivity index (χ2v) is 12.6. The van der Waals surface area contributed by atoms with Gasteiger partial charge in [-0.05, 0) is 77.5 Å². The lowest BCUT2D eigenvalue weighted by Crippen LogP contribution is -2.63. The number of allylic oxidation sites excluding steroid dienone is 1. The Morgan fingerprint density at radius 2 is 1.79 bits per heavy atom. The summed E-state index contributed by atoms with van der Waals surface area (Å²) in [6.07, 6.45) is 2.23. The number of piperidine rings is 1. The summed E-state index contributed by atoms with van der Waals surface area (Å²) in [5.74, 6) is -6.48. The molecule has 1 amide bonds. The van der Waals surface area contributed by atoms with Crippen LogP contribution in [0.2, 0.25) is 0 Å². The standard InChI is InChI=1S/C30H41N5O7/c1-33(2)19-12-15(13-32-16-6-8-35(5)9-7-16)24(36)21-17(19)10-14-11-18-23(34(3)4)26(38)22(29(31)41)28(40)30(18,42)27(39)20(14)25(21)37/h12,14,16,18,23,32,36,38-39,42H,6-11,13H2,1-5H3,(H2,31,41)/t14-,18-,23-,30-/m0/s1. The molecule has 0 aromatic heterocycles. The van der Waals surface area contributed by atoms with Crippen LogP contribution in [-0.4, -0.2) is 114 Å². The van der Waals surface area contributed by atoms with Crippen molar-refractivity contribution in [3.8, 4) is 5.75 Å². The lowest BCUT2D eigenvalue weighted by Gasteiger charge is -2.50. The number of ketones is 2. The van der Waals surface area contributed by atoms with Crippen molar-refractivity contribution in [2.75, 3.05) is 53.2 Å². The SMILES string of the molecule is CN1CCC(NCc2cc(N(C)C)c3c(c2O)C(=O)C2=C(O)[C@]4(O)C(=O)C(C(N)=O)=C(O)[C@@H](N(C)C)[C@@H]4C[C@@H]2C3)CC1. The summed E-state index contributed by atoms with van der Waals surface area (Å²) in [6, 6.07) is 1.12. The second-order valence-electron chi connectivity index (χ2n) is 12.6. The lowest BCUT2D eigenvalue weighted by atomic mass is 9.58. The van der Waals surface area contributed by atoms with E-state index in [9.17, 15) is 34.8 Å². The highest BCUT2D eigenvalue weighted by molar-refractivity contribution is 6.24. The fourth-order valence-corrected chi connectivity index (χ4v) is 7.35. The Morgan fingerprint density at radius 3 is 2.36 bits per heavy atom. The zero-order valence-corrected chi connectivity index (χ0v) is 24.8. The first-order valence-corrected chi connectivity index (χ1v) is 14.3. The molecule has 0 spiro atoms. The third-order valence-corrected chi connectivity index (χ3v) is 9.56. The van der Waals surface area contributed by atoms with Crippen molar-refractivity contribution in [2.45, 2.75) is 49.9 Å². The predicted molar refractivity (Wildman–Crippen MR) is 155 cm³/mol. The highest BCUT2D eigenvalue weighted by Crippen LogP contribution is 2.53. The number of nitrogens with zero attached hydrogens (tertiary/aromatic N) is 3. The van der Waals surface area contributed by atoms with Crippen LogP contribution < -0.4 is 16.0 Å². The van der Waals surface area contributed by atoms with Gasteiger partial charge in [0, 0.05) is 49.4 Å². The molecule has 4 atom stereocenters. The number of anilines is 1. The number of amides is 1. The van der Waals surface area contributed by atoms with E-state index in [0.717, 1.165) is 31.6 Å². The number of aliphatic hydroxyl groups is 3. The first-order valence-electron chi connectivity index (χ1n) is 14.3. The fraction of sp³-hybridized carbons (Fsp3) is 0.567. The molecule has 12 heteroatoms. The molecule has 0 saturated carbocycles. The first-order chi connectivity index (χ1) is 19.7. The highest BCUT2D eigenvalue weighted by atomic mass is 16.3. The number of aromatic hydroxyl groups is 1. The maximum atomic E-state index is 14.2. The molecule has 1 aromatic carbocycles. The monoisotopic (exact) mass is 583 g/mol. The zero-order valence-electron chi connectivity index (χ0n) is 24.8. The summed E-state index contributed by atoms with van der Waals surface area (Å²) in [4.78, 5) is 45.5. The van der Waals surface area contributed by atoms with Gasteiger partial charge in [-0.3, -0.25) is 19.3 Å². The average Bonchev–Trinajstić information content (AvgIpc) is 2.90. The van der Waals surface area contributed by atoms with Crippen molar-refractivity contribution in [3.05, 3.63) is 45.4 Å².